The van der Waals surface area contributed by atoms with Crippen molar-refractivity contribution in [2.45, 2.75) is 30.9 Å². The van der Waals surface area contributed by atoms with E-state index < -0.39 is 5.60 Å². The van der Waals surface area contributed by atoms with Gasteiger partial charge in [0, 0.05) is 12.6 Å². The second kappa shape index (κ2) is 4.97. The first-order chi connectivity index (χ1) is 10.3. The molecule has 21 heavy (non-hydrogen) atoms. The maximum atomic E-state index is 11.5. The molecular weight excluding hydrogens is 258 g/mol. The molecule has 0 saturated carbocycles. The van der Waals surface area contributed by atoms with E-state index in [0.717, 1.165) is 17.7 Å². The maximum absolute atomic E-state index is 11.5. The number of aliphatic hydroxyl groups is 1. The van der Waals surface area contributed by atoms with Crippen LogP contribution in [0.1, 0.15) is 42.0 Å². The Morgan fingerprint density at radius 3 is 2.57 bits per heavy atom. The van der Waals surface area contributed by atoms with Crippen molar-refractivity contribution in [3.63, 3.8) is 0 Å². The van der Waals surface area contributed by atoms with Crippen LogP contribution in [0.4, 0.5) is 0 Å². The SMILES string of the molecule is O[C@@]1(c2ccccc2)CN2CCCC[C@@H]2c2ccccc21. The van der Waals surface area contributed by atoms with E-state index in [0.29, 0.717) is 12.6 Å². The molecule has 0 aromatic heterocycles. The molecule has 0 radical (unpaired) electrons. The molecule has 2 atom stereocenters. The smallest absolute Gasteiger partial charge is 0.128 e. The van der Waals surface area contributed by atoms with E-state index in [4.69, 9.17) is 0 Å². The second-order valence-corrected chi connectivity index (χ2v) is 6.30. The Hall–Kier alpha value is -1.64. The zero-order valence-electron chi connectivity index (χ0n) is 12.2. The van der Waals surface area contributed by atoms with E-state index in [2.05, 4.69) is 23.1 Å². The van der Waals surface area contributed by atoms with Gasteiger partial charge in [-0.2, -0.15) is 0 Å². The first kappa shape index (κ1) is 13.1. The van der Waals surface area contributed by atoms with Crippen LogP contribution in [0.2, 0.25) is 0 Å². The third-order valence-electron chi connectivity index (χ3n) is 5.06. The Morgan fingerprint density at radius 1 is 0.952 bits per heavy atom. The summed E-state index contributed by atoms with van der Waals surface area (Å²) in [7, 11) is 0. The molecule has 1 N–H and O–H groups in total. The molecule has 2 aromatic carbocycles. The zero-order chi connectivity index (χ0) is 14.3. The molecule has 2 aromatic rings. The molecule has 0 aliphatic carbocycles. The number of rotatable bonds is 1. The molecule has 2 heteroatoms. The molecule has 108 valence electrons. The van der Waals surface area contributed by atoms with Crippen LogP contribution in [-0.4, -0.2) is 23.1 Å². The monoisotopic (exact) mass is 279 g/mol. The summed E-state index contributed by atoms with van der Waals surface area (Å²) in [5.41, 5.74) is 2.53. The number of fused-ring (bicyclic) bond motifs is 3. The van der Waals surface area contributed by atoms with Crippen molar-refractivity contribution in [2.24, 2.45) is 0 Å². The van der Waals surface area contributed by atoms with E-state index in [9.17, 15) is 5.11 Å². The van der Waals surface area contributed by atoms with E-state index in [1.807, 2.05) is 36.4 Å². The van der Waals surface area contributed by atoms with Crippen molar-refractivity contribution in [3.05, 3.63) is 71.3 Å². The van der Waals surface area contributed by atoms with Crippen LogP contribution in [0.25, 0.3) is 0 Å². The zero-order valence-corrected chi connectivity index (χ0v) is 12.2. The Bertz CT molecular complexity index is 639. The Balaban J connectivity index is 1.88. The molecule has 2 aliphatic rings. The van der Waals surface area contributed by atoms with Crippen molar-refractivity contribution in [1.82, 2.24) is 4.90 Å². The van der Waals surface area contributed by atoms with E-state index >= 15 is 0 Å². The number of piperidine rings is 1. The summed E-state index contributed by atoms with van der Waals surface area (Å²) in [6.45, 7) is 1.80. The normalized spacial score (nSPS) is 28.7. The summed E-state index contributed by atoms with van der Waals surface area (Å²) in [6, 6.07) is 19.1. The van der Waals surface area contributed by atoms with Gasteiger partial charge < -0.3 is 5.11 Å². The van der Waals surface area contributed by atoms with Gasteiger partial charge >= 0.3 is 0 Å². The fourth-order valence-electron chi connectivity index (χ4n) is 4.04. The molecule has 1 saturated heterocycles. The highest BCUT2D eigenvalue weighted by molar-refractivity contribution is 5.45. The minimum absolute atomic E-state index is 0.485. The molecule has 0 unspecified atom stereocenters. The predicted octanol–water partition coefficient (Wildman–Crippen LogP) is 3.46. The lowest BCUT2D eigenvalue weighted by molar-refractivity contribution is -0.0100. The van der Waals surface area contributed by atoms with Crippen molar-refractivity contribution >= 4 is 0 Å². The van der Waals surface area contributed by atoms with Crippen LogP contribution in [0.3, 0.4) is 0 Å². The van der Waals surface area contributed by atoms with Gasteiger partial charge in [-0.3, -0.25) is 4.90 Å². The van der Waals surface area contributed by atoms with Crippen LogP contribution in [-0.2, 0) is 5.60 Å². The average molecular weight is 279 g/mol. The fraction of sp³-hybridized carbons (Fsp3) is 0.368. The Kier molecular flexibility index (Phi) is 3.09. The Labute approximate surface area is 126 Å². The Morgan fingerprint density at radius 2 is 1.71 bits per heavy atom. The molecule has 2 heterocycles. The number of hydrogen-bond donors (Lipinski definition) is 1. The van der Waals surface area contributed by atoms with Gasteiger partial charge in [-0.25, -0.2) is 0 Å². The van der Waals surface area contributed by atoms with Crippen LogP contribution in [0.15, 0.2) is 54.6 Å². The van der Waals surface area contributed by atoms with Gasteiger partial charge in [0.15, 0.2) is 0 Å². The third kappa shape index (κ3) is 2.02. The van der Waals surface area contributed by atoms with Gasteiger partial charge in [0.2, 0.25) is 0 Å². The van der Waals surface area contributed by atoms with Crippen molar-refractivity contribution < 1.29 is 5.11 Å². The standard InChI is InChI=1S/C19H21NO/c21-19(15-8-2-1-3-9-15)14-20-13-7-6-12-18(20)16-10-4-5-11-17(16)19/h1-5,8-11,18,21H,6-7,12-14H2/t18-,19-/m1/s1. The predicted molar refractivity (Wildman–Crippen MR) is 84.0 cm³/mol. The molecule has 0 spiro atoms. The molecule has 2 aliphatic heterocycles. The fourth-order valence-corrected chi connectivity index (χ4v) is 4.04. The molecule has 0 bridgehead atoms. The van der Waals surface area contributed by atoms with E-state index in [1.165, 1.54) is 24.8 Å². The number of hydrogen-bond acceptors (Lipinski definition) is 2. The summed E-state index contributed by atoms with van der Waals surface area (Å²) >= 11 is 0. The lowest BCUT2D eigenvalue weighted by atomic mass is 9.75. The number of benzene rings is 2. The third-order valence-corrected chi connectivity index (χ3v) is 5.06. The van der Waals surface area contributed by atoms with Crippen molar-refractivity contribution in [3.8, 4) is 0 Å². The molecule has 0 amide bonds. The first-order valence-corrected chi connectivity index (χ1v) is 7.90. The van der Waals surface area contributed by atoms with E-state index in [1.54, 1.807) is 0 Å². The van der Waals surface area contributed by atoms with Crippen molar-refractivity contribution in [1.29, 1.82) is 0 Å². The summed E-state index contributed by atoms with van der Waals surface area (Å²) in [4.78, 5) is 2.47. The van der Waals surface area contributed by atoms with Crippen LogP contribution >= 0.6 is 0 Å². The largest absolute Gasteiger partial charge is 0.379 e. The highest BCUT2D eigenvalue weighted by atomic mass is 16.3. The van der Waals surface area contributed by atoms with Gasteiger partial charge in [-0.05, 0) is 36.1 Å². The maximum Gasteiger partial charge on any atom is 0.128 e. The summed E-state index contributed by atoms with van der Waals surface area (Å²) in [5, 5.41) is 11.5. The minimum atomic E-state index is -0.883. The molecule has 2 nitrogen and oxygen atoms in total. The van der Waals surface area contributed by atoms with Gasteiger partial charge in [-0.1, -0.05) is 61.0 Å². The van der Waals surface area contributed by atoms with Crippen LogP contribution < -0.4 is 0 Å². The van der Waals surface area contributed by atoms with Gasteiger partial charge in [0.25, 0.3) is 0 Å². The quantitative estimate of drug-likeness (QED) is 0.864. The molecule has 4 rings (SSSR count). The topological polar surface area (TPSA) is 23.5 Å². The second-order valence-electron chi connectivity index (χ2n) is 6.30. The molecular formula is C19H21NO. The van der Waals surface area contributed by atoms with Crippen LogP contribution in [0, 0.1) is 0 Å². The lowest BCUT2D eigenvalue weighted by Crippen LogP contribution is -2.50. The molecule has 1 fully saturated rings. The first-order valence-electron chi connectivity index (χ1n) is 7.90. The summed E-state index contributed by atoms with van der Waals surface area (Å²) in [5.74, 6) is 0. The summed E-state index contributed by atoms with van der Waals surface area (Å²) < 4.78 is 0. The van der Waals surface area contributed by atoms with Crippen molar-refractivity contribution in [2.75, 3.05) is 13.1 Å². The number of nitrogens with zero attached hydrogens (tertiary/aromatic N) is 1. The summed E-state index contributed by atoms with van der Waals surface area (Å²) in [6.07, 6.45) is 3.74. The highest BCUT2D eigenvalue weighted by Crippen LogP contribution is 2.45. The average Bonchev–Trinajstić information content (AvgIpc) is 2.56. The van der Waals surface area contributed by atoms with Gasteiger partial charge in [0.1, 0.15) is 5.60 Å². The van der Waals surface area contributed by atoms with Gasteiger partial charge in [-0.15, -0.1) is 0 Å². The van der Waals surface area contributed by atoms with Gasteiger partial charge in [0.05, 0.1) is 0 Å². The van der Waals surface area contributed by atoms with Crippen LogP contribution in [0.5, 0.6) is 0 Å². The minimum Gasteiger partial charge on any atom is -0.379 e. The lowest BCUT2D eigenvalue weighted by Gasteiger charge is -2.48. The highest BCUT2D eigenvalue weighted by Gasteiger charge is 2.43. The van der Waals surface area contributed by atoms with E-state index in [-0.39, 0.29) is 0 Å².